The van der Waals surface area contributed by atoms with Gasteiger partial charge in [-0.05, 0) is 49.8 Å². The lowest BCUT2D eigenvalue weighted by molar-refractivity contribution is -0.147. The van der Waals surface area contributed by atoms with Gasteiger partial charge in [-0.25, -0.2) is 4.79 Å². The number of halogens is 1. The number of hydrogen-bond acceptors (Lipinski definition) is 5. The molecule has 0 spiro atoms. The zero-order valence-corrected chi connectivity index (χ0v) is 17.5. The van der Waals surface area contributed by atoms with E-state index in [1.54, 1.807) is 29.2 Å². The van der Waals surface area contributed by atoms with Crippen molar-refractivity contribution in [3.63, 3.8) is 0 Å². The van der Waals surface area contributed by atoms with E-state index >= 15 is 0 Å². The van der Waals surface area contributed by atoms with Crippen molar-refractivity contribution in [3.8, 4) is 0 Å². The van der Waals surface area contributed by atoms with Crippen LogP contribution in [0.25, 0.3) is 0 Å². The van der Waals surface area contributed by atoms with Crippen LogP contribution >= 0.6 is 12.4 Å². The van der Waals surface area contributed by atoms with E-state index in [2.05, 4.69) is 5.32 Å². The lowest BCUT2D eigenvalue weighted by atomic mass is 10.0. The Labute approximate surface area is 172 Å². The third-order valence-corrected chi connectivity index (χ3v) is 4.68. The van der Waals surface area contributed by atoms with E-state index in [9.17, 15) is 14.4 Å². The van der Waals surface area contributed by atoms with Gasteiger partial charge in [0.2, 0.25) is 5.91 Å². The largest absolute Gasteiger partial charge is 0.467 e. The van der Waals surface area contributed by atoms with E-state index in [0.717, 1.165) is 12.8 Å². The minimum absolute atomic E-state index is 0. The minimum atomic E-state index is -0.602. The molecule has 1 saturated heterocycles. The van der Waals surface area contributed by atoms with Crippen LogP contribution in [0.5, 0.6) is 0 Å². The molecule has 3 N–H and O–H groups in total. The van der Waals surface area contributed by atoms with E-state index < -0.39 is 18.1 Å². The quantitative estimate of drug-likeness (QED) is 0.700. The predicted molar refractivity (Wildman–Crippen MR) is 110 cm³/mol. The fraction of sp³-hybridized carbons (Fsp3) is 0.550. The molecule has 0 aromatic heterocycles. The van der Waals surface area contributed by atoms with Crippen LogP contribution in [-0.4, -0.2) is 48.4 Å². The second kappa shape index (κ2) is 11.0. The highest BCUT2D eigenvalue weighted by Crippen LogP contribution is 2.22. The van der Waals surface area contributed by atoms with Crippen molar-refractivity contribution in [2.75, 3.05) is 19.0 Å². The summed E-state index contributed by atoms with van der Waals surface area (Å²) in [5.41, 5.74) is 6.84. The Morgan fingerprint density at radius 3 is 2.64 bits per heavy atom. The summed E-state index contributed by atoms with van der Waals surface area (Å²) < 4.78 is 4.84. The number of benzene rings is 1. The highest BCUT2D eigenvalue weighted by atomic mass is 35.5. The maximum absolute atomic E-state index is 12.9. The van der Waals surface area contributed by atoms with E-state index in [1.165, 1.54) is 7.11 Å². The molecule has 1 unspecified atom stereocenters. The molecule has 0 radical (unpaired) electrons. The molecular weight excluding hydrogens is 382 g/mol. The Morgan fingerprint density at radius 2 is 2.00 bits per heavy atom. The molecule has 1 aromatic rings. The number of hydrogen-bond donors (Lipinski definition) is 2. The molecule has 2 amide bonds. The molecule has 0 saturated carbocycles. The van der Waals surface area contributed by atoms with Gasteiger partial charge in [-0.1, -0.05) is 19.9 Å². The lowest BCUT2D eigenvalue weighted by Crippen LogP contribution is -2.48. The van der Waals surface area contributed by atoms with Crippen LogP contribution in [0.1, 0.15) is 49.9 Å². The highest BCUT2D eigenvalue weighted by Gasteiger charge is 2.33. The first-order valence-electron chi connectivity index (χ1n) is 9.38. The molecule has 1 fully saturated rings. The van der Waals surface area contributed by atoms with Gasteiger partial charge in [0.05, 0.1) is 13.2 Å². The first-order chi connectivity index (χ1) is 12.8. The summed E-state index contributed by atoms with van der Waals surface area (Å²) in [6.45, 7) is 4.51. The standard InChI is InChI=1S/C20H29N3O4.ClH/c1-13(2)11-16(21)18(24)22-15-8-6-7-14(12-15)19(25)23-10-5-4-9-17(23)20(26)27-3;/h6-8,12-13,16-17H,4-5,9-11,21H2,1-3H3,(H,22,24);1H/t16-,17?;/m0./s1. The van der Waals surface area contributed by atoms with Crippen molar-refractivity contribution >= 4 is 35.9 Å². The fourth-order valence-corrected chi connectivity index (χ4v) is 3.30. The van der Waals surface area contributed by atoms with Gasteiger partial charge < -0.3 is 20.7 Å². The van der Waals surface area contributed by atoms with Crippen LogP contribution in [0, 0.1) is 5.92 Å². The van der Waals surface area contributed by atoms with Crippen LogP contribution in [0.4, 0.5) is 5.69 Å². The number of nitrogens with two attached hydrogens (primary N) is 1. The number of carbonyl (C=O) groups excluding carboxylic acids is 3. The number of methoxy groups -OCH3 is 1. The molecule has 8 heteroatoms. The normalized spacial score (nSPS) is 17.5. The van der Waals surface area contributed by atoms with Gasteiger partial charge in [0.25, 0.3) is 5.91 Å². The summed E-state index contributed by atoms with van der Waals surface area (Å²) in [4.78, 5) is 38.7. The number of amides is 2. The second-order valence-electron chi connectivity index (χ2n) is 7.34. The van der Waals surface area contributed by atoms with Crippen LogP contribution in [0.3, 0.4) is 0 Å². The van der Waals surface area contributed by atoms with Crippen molar-refractivity contribution in [1.29, 1.82) is 0 Å². The Balaban J connectivity index is 0.00000392. The number of anilines is 1. The zero-order valence-electron chi connectivity index (χ0n) is 16.6. The molecule has 156 valence electrons. The van der Waals surface area contributed by atoms with Crippen molar-refractivity contribution < 1.29 is 19.1 Å². The first-order valence-corrected chi connectivity index (χ1v) is 9.38. The molecule has 1 aliphatic heterocycles. The summed E-state index contributed by atoms with van der Waals surface area (Å²) in [7, 11) is 1.33. The maximum atomic E-state index is 12.9. The van der Waals surface area contributed by atoms with E-state index in [1.807, 2.05) is 13.8 Å². The van der Waals surface area contributed by atoms with Gasteiger partial charge in [0.15, 0.2) is 0 Å². The predicted octanol–water partition coefficient (Wildman–Crippen LogP) is 2.59. The Hall–Kier alpha value is -2.12. The number of rotatable bonds is 6. The van der Waals surface area contributed by atoms with E-state index in [0.29, 0.717) is 36.6 Å². The van der Waals surface area contributed by atoms with Crippen LogP contribution in [0.2, 0.25) is 0 Å². The summed E-state index contributed by atoms with van der Waals surface area (Å²) in [6, 6.07) is 5.54. The number of nitrogens with zero attached hydrogens (tertiary/aromatic N) is 1. The monoisotopic (exact) mass is 411 g/mol. The van der Waals surface area contributed by atoms with Gasteiger partial charge in [0.1, 0.15) is 6.04 Å². The molecule has 1 heterocycles. The van der Waals surface area contributed by atoms with E-state index in [-0.39, 0.29) is 24.2 Å². The minimum Gasteiger partial charge on any atom is -0.467 e. The molecule has 7 nitrogen and oxygen atoms in total. The Bertz CT molecular complexity index is 696. The topological polar surface area (TPSA) is 102 Å². The van der Waals surface area contributed by atoms with Gasteiger partial charge in [0, 0.05) is 17.8 Å². The average molecular weight is 412 g/mol. The Morgan fingerprint density at radius 1 is 1.29 bits per heavy atom. The van der Waals surface area contributed by atoms with Crippen molar-refractivity contribution in [3.05, 3.63) is 29.8 Å². The molecule has 1 aliphatic rings. The number of esters is 1. The van der Waals surface area contributed by atoms with Crippen LogP contribution in [0.15, 0.2) is 24.3 Å². The molecule has 0 bridgehead atoms. The summed E-state index contributed by atoms with van der Waals surface area (Å²) in [5.74, 6) is -0.605. The highest BCUT2D eigenvalue weighted by molar-refractivity contribution is 5.99. The van der Waals surface area contributed by atoms with Gasteiger partial charge in [-0.15, -0.1) is 12.4 Å². The van der Waals surface area contributed by atoms with Gasteiger partial charge in [-0.2, -0.15) is 0 Å². The van der Waals surface area contributed by atoms with Crippen LogP contribution in [-0.2, 0) is 14.3 Å². The molecule has 1 aromatic carbocycles. The van der Waals surface area contributed by atoms with E-state index in [4.69, 9.17) is 10.5 Å². The number of piperidine rings is 1. The third kappa shape index (κ3) is 6.21. The number of carbonyl (C=O) groups is 3. The van der Waals surface area contributed by atoms with Crippen molar-refractivity contribution in [2.45, 2.75) is 51.6 Å². The van der Waals surface area contributed by atoms with Crippen molar-refractivity contribution in [1.82, 2.24) is 4.90 Å². The molecular formula is C20H30ClN3O4. The van der Waals surface area contributed by atoms with Crippen molar-refractivity contribution in [2.24, 2.45) is 11.7 Å². The molecule has 2 atom stereocenters. The number of likely N-dealkylation sites (tertiary alicyclic amines) is 1. The summed E-state index contributed by atoms with van der Waals surface area (Å²) in [6.07, 6.45) is 2.91. The fourth-order valence-electron chi connectivity index (χ4n) is 3.30. The SMILES string of the molecule is COC(=O)C1CCCCN1C(=O)c1cccc(NC(=O)[C@@H](N)CC(C)C)c1.Cl. The second-order valence-corrected chi connectivity index (χ2v) is 7.34. The first kappa shape index (κ1) is 23.9. The summed E-state index contributed by atoms with van der Waals surface area (Å²) >= 11 is 0. The number of ether oxygens (including phenoxy) is 1. The Kier molecular flexibility index (Phi) is 9.41. The van der Waals surface area contributed by atoms with Gasteiger partial charge >= 0.3 is 5.97 Å². The lowest BCUT2D eigenvalue weighted by Gasteiger charge is -2.33. The number of nitrogens with one attached hydrogen (secondary N) is 1. The molecule has 2 rings (SSSR count). The zero-order chi connectivity index (χ0) is 20.0. The summed E-state index contributed by atoms with van der Waals surface area (Å²) in [5, 5.41) is 2.76. The molecule has 0 aliphatic carbocycles. The van der Waals surface area contributed by atoms with Crippen LogP contribution < -0.4 is 11.1 Å². The molecule has 28 heavy (non-hydrogen) atoms. The maximum Gasteiger partial charge on any atom is 0.328 e. The third-order valence-electron chi connectivity index (χ3n) is 4.68. The van der Waals surface area contributed by atoms with Gasteiger partial charge in [-0.3, -0.25) is 9.59 Å². The smallest absolute Gasteiger partial charge is 0.328 e. The average Bonchev–Trinajstić information content (AvgIpc) is 2.66.